The average Bonchev–Trinajstić information content (AvgIpc) is 3.23. The molecule has 2 aromatic heterocycles. The summed E-state index contributed by atoms with van der Waals surface area (Å²) in [6, 6.07) is 8.51. The molecule has 0 aliphatic carbocycles. The van der Waals surface area contributed by atoms with E-state index in [2.05, 4.69) is 14.8 Å². The normalized spacial score (nSPS) is 11.1. The molecule has 0 bridgehead atoms. The summed E-state index contributed by atoms with van der Waals surface area (Å²) in [6.07, 6.45) is 2.47. The van der Waals surface area contributed by atoms with Gasteiger partial charge in [0.2, 0.25) is 0 Å². The van der Waals surface area contributed by atoms with Crippen molar-refractivity contribution in [2.45, 2.75) is 45.4 Å². The summed E-state index contributed by atoms with van der Waals surface area (Å²) < 4.78 is 17.1. The number of carbonyl (C=O) groups is 1. The molecule has 0 saturated heterocycles. The standard InChI is InChI=1S/C20H23FN4OS/c1-4-24-13-22-23-20(24)27-12-19(26)18-11-14(2)25(15(18)3)10-9-16-5-7-17(21)8-6-16/h5-8,11,13H,4,9-10,12H2,1-3H3. The van der Waals surface area contributed by atoms with Crippen LogP contribution >= 0.6 is 11.8 Å². The Morgan fingerprint density at radius 2 is 1.96 bits per heavy atom. The SMILES string of the molecule is CCn1cnnc1SCC(=O)c1cc(C)n(CCc2ccc(F)cc2)c1C. The van der Waals surface area contributed by atoms with Crippen molar-refractivity contribution in [2.24, 2.45) is 0 Å². The van der Waals surface area contributed by atoms with Crippen LogP contribution in [0.1, 0.15) is 34.2 Å². The van der Waals surface area contributed by atoms with Crippen LogP contribution < -0.4 is 0 Å². The number of benzene rings is 1. The molecule has 3 rings (SSSR count). The topological polar surface area (TPSA) is 52.7 Å². The van der Waals surface area contributed by atoms with E-state index in [0.717, 1.165) is 47.2 Å². The van der Waals surface area contributed by atoms with Gasteiger partial charge in [-0.25, -0.2) is 4.39 Å². The first-order chi connectivity index (χ1) is 13.0. The molecule has 0 atom stereocenters. The molecule has 0 radical (unpaired) electrons. The van der Waals surface area contributed by atoms with Gasteiger partial charge < -0.3 is 9.13 Å². The first-order valence-electron chi connectivity index (χ1n) is 8.94. The number of hydrogen-bond acceptors (Lipinski definition) is 4. The van der Waals surface area contributed by atoms with Crippen LogP contribution in [-0.2, 0) is 19.5 Å². The summed E-state index contributed by atoms with van der Waals surface area (Å²) >= 11 is 1.41. The van der Waals surface area contributed by atoms with Crippen LogP contribution in [0.25, 0.3) is 0 Å². The molecule has 0 aliphatic heterocycles. The number of Topliss-reactive ketones (excluding diaryl/α,β-unsaturated/α-hetero) is 1. The van der Waals surface area contributed by atoms with Crippen molar-refractivity contribution in [3.05, 3.63) is 65.0 Å². The maximum Gasteiger partial charge on any atom is 0.191 e. The second kappa shape index (κ2) is 8.52. The molecule has 0 spiro atoms. The summed E-state index contributed by atoms with van der Waals surface area (Å²) in [5.74, 6) is 0.198. The van der Waals surface area contributed by atoms with E-state index < -0.39 is 0 Å². The number of carbonyl (C=O) groups excluding carboxylic acids is 1. The molecule has 0 unspecified atom stereocenters. The summed E-state index contributed by atoms with van der Waals surface area (Å²) in [5.41, 5.74) is 3.85. The van der Waals surface area contributed by atoms with Gasteiger partial charge in [0.05, 0.1) is 5.75 Å². The van der Waals surface area contributed by atoms with Crippen LogP contribution in [-0.4, -0.2) is 30.9 Å². The minimum atomic E-state index is -0.226. The predicted octanol–water partition coefficient (Wildman–Crippen LogP) is 4.07. The van der Waals surface area contributed by atoms with E-state index in [0.29, 0.717) is 5.75 Å². The molecule has 0 amide bonds. The highest BCUT2D eigenvalue weighted by atomic mass is 32.2. The largest absolute Gasteiger partial charge is 0.348 e. The second-order valence-electron chi connectivity index (χ2n) is 6.42. The maximum absolute atomic E-state index is 13.0. The lowest BCUT2D eigenvalue weighted by Crippen LogP contribution is -2.09. The molecular weight excluding hydrogens is 363 g/mol. The molecule has 142 valence electrons. The van der Waals surface area contributed by atoms with Crippen molar-refractivity contribution in [3.8, 4) is 0 Å². The third kappa shape index (κ3) is 4.47. The first kappa shape index (κ1) is 19.4. The Morgan fingerprint density at radius 1 is 1.22 bits per heavy atom. The van der Waals surface area contributed by atoms with Crippen LogP contribution in [0.15, 0.2) is 41.8 Å². The highest BCUT2D eigenvalue weighted by Gasteiger charge is 2.17. The van der Waals surface area contributed by atoms with Crippen LogP contribution in [0, 0.1) is 19.7 Å². The second-order valence-corrected chi connectivity index (χ2v) is 7.37. The fourth-order valence-corrected chi connectivity index (χ4v) is 3.96. The molecule has 27 heavy (non-hydrogen) atoms. The molecule has 0 aliphatic rings. The molecule has 7 heteroatoms. The minimum absolute atomic E-state index is 0.0896. The number of rotatable bonds is 8. The predicted molar refractivity (Wildman–Crippen MR) is 105 cm³/mol. The van der Waals surface area contributed by atoms with Gasteiger partial charge >= 0.3 is 0 Å². The van der Waals surface area contributed by atoms with Crippen molar-refractivity contribution in [2.75, 3.05) is 5.75 Å². The fourth-order valence-electron chi connectivity index (χ4n) is 3.10. The molecule has 1 aromatic carbocycles. The molecule has 5 nitrogen and oxygen atoms in total. The zero-order chi connectivity index (χ0) is 19.4. The van der Waals surface area contributed by atoms with Crippen molar-refractivity contribution >= 4 is 17.5 Å². The average molecular weight is 386 g/mol. The first-order valence-corrected chi connectivity index (χ1v) is 9.93. The summed E-state index contributed by atoms with van der Waals surface area (Å²) in [4.78, 5) is 12.7. The Morgan fingerprint density at radius 3 is 2.67 bits per heavy atom. The number of aromatic nitrogens is 4. The van der Waals surface area contributed by atoms with E-state index in [1.807, 2.05) is 31.4 Å². The third-order valence-electron chi connectivity index (χ3n) is 4.66. The maximum atomic E-state index is 13.0. The monoisotopic (exact) mass is 386 g/mol. The Kier molecular flexibility index (Phi) is 6.11. The Bertz CT molecular complexity index is 930. The Labute approximate surface area is 162 Å². The molecule has 2 heterocycles. The quantitative estimate of drug-likeness (QED) is 0.432. The van der Waals surface area contributed by atoms with E-state index >= 15 is 0 Å². The van der Waals surface area contributed by atoms with Gasteiger partial charge in [0.1, 0.15) is 12.1 Å². The van der Waals surface area contributed by atoms with E-state index in [4.69, 9.17) is 0 Å². The van der Waals surface area contributed by atoms with Crippen molar-refractivity contribution in [3.63, 3.8) is 0 Å². The number of aryl methyl sites for hydroxylation is 3. The molecular formula is C20H23FN4OS. The van der Waals surface area contributed by atoms with Crippen LogP contribution in [0.3, 0.4) is 0 Å². The smallest absolute Gasteiger partial charge is 0.191 e. The summed E-state index contributed by atoms with van der Waals surface area (Å²) in [5, 5.41) is 8.71. The van der Waals surface area contributed by atoms with Crippen LogP contribution in [0.4, 0.5) is 4.39 Å². The van der Waals surface area contributed by atoms with Crippen molar-refractivity contribution in [1.29, 1.82) is 0 Å². The number of thioether (sulfide) groups is 1. The van der Waals surface area contributed by atoms with Crippen LogP contribution in [0.2, 0.25) is 0 Å². The molecule has 0 saturated carbocycles. The zero-order valence-electron chi connectivity index (χ0n) is 15.8. The van der Waals surface area contributed by atoms with Crippen molar-refractivity contribution < 1.29 is 9.18 Å². The van der Waals surface area contributed by atoms with Gasteiger partial charge in [-0.3, -0.25) is 4.79 Å². The third-order valence-corrected chi connectivity index (χ3v) is 5.65. The Balaban J connectivity index is 1.67. The lowest BCUT2D eigenvalue weighted by Gasteiger charge is -2.10. The molecule has 0 fully saturated rings. The van der Waals surface area contributed by atoms with E-state index in [1.54, 1.807) is 18.5 Å². The van der Waals surface area contributed by atoms with E-state index in [-0.39, 0.29) is 11.6 Å². The van der Waals surface area contributed by atoms with E-state index in [1.165, 1.54) is 23.9 Å². The highest BCUT2D eigenvalue weighted by Crippen LogP contribution is 2.21. The number of halogens is 1. The number of hydrogen-bond donors (Lipinski definition) is 0. The lowest BCUT2D eigenvalue weighted by molar-refractivity contribution is 0.102. The van der Waals surface area contributed by atoms with Gasteiger partial charge in [-0.2, -0.15) is 0 Å². The van der Waals surface area contributed by atoms with Gasteiger partial charge in [0.15, 0.2) is 10.9 Å². The van der Waals surface area contributed by atoms with Gasteiger partial charge in [0.25, 0.3) is 0 Å². The minimum Gasteiger partial charge on any atom is -0.348 e. The number of ketones is 1. The summed E-state index contributed by atoms with van der Waals surface area (Å²) in [6.45, 7) is 7.54. The van der Waals surface area contributed by atoms with Crippen LogP contribution in [0.5, 0.6) is 0 Å². The van der Waals surface area contributed by atoms with Gasteiger partial charge in [-0.1, -0.05) is 23.9 Å². The van der Waals surface area contributed by atoms with E-state index in [9.17, 15) is 9.18 Å². The Hall–Kier alpha value is -2.41. The van der Waals surface area contributed by atoms with Crippen molar-refractivity contribution in [1.82, 2.24) is 19.3 Å². The zero-order valence-corrected chi connectivity index (χ0v) is 16.6. The van der Waals surface area contributed by atoms with Gasteiger partial charge in [-0.15, -0.1) is 10.2 Å². The fraction of sp³-hybridized carbons (Fsp3) is 0.350. The lowest BCUT2D eigenvalue weighted by atomic mass is 10.1. The molecule has 3 aromatic rings. The highest BCUT2D eigenvalue weighted by molar-refractivity contribution is 7.99. The van der Waals surface area contributed by atoms with Gasteiger partial charge in [0, 0.05) is 30.0 Å². The number of nitrogens with zero attached hydrogens (tertiary/aromatic N) is 4. The van der Waals surface area contributed by atoms with Gasteiger partial charge in [-0.05, 0) is 51.0 Å². The molecule has 0 N–H and O–H groups in total. The summed E-state index contributed by atoms with van der Waals surface area (Å²) in [7, 11) is 0.